The Morgan fingerprint density at radius 1 is 1.35 bits per heavy atom. The van der Waals surface area contributed by atoms with E-state index in [9.17, 15) is 4.79 Å². The first kappa shape index (κ1) is 16.9. The largest absolute Gasteiger partial charge is 0.398 e. The van der Waals surface area contributed by atoms with Gasteiger partial charge in [-0.3, -0.25) is 4.79 Å². The number of carbonyl (C=O) groups is 1. The number of nitrogens with one attached hydrogen (secondary N) is 1. The van der Waals surface area contributed by atoms with Gasteiger partial charge in [-0.15, -0.1) is 0 Å². The molecule has 0 aliphatic heterocycles. The number of nitrogens with two attached hydrogens (primary N) is 1. The molecule has 0 aromatic heterocycles. The van der Waals surface area contributed by atoms with Gasteiger partial charge >= 0.3 is 0 Å². The number of benzene rings is 1. The fourth-order valence-corrected chi connectivity index (χ4v) is 2.73. The molecule has 4 nitrogen and oxygen atoms in total. The fraction of sp³-hybridized carbons (Fsp3) is 0.533. The molecule has 0 saturated heterocycles. The van der Waals surface area contributed by atoms with Crippen LogP contribution in [0.15, 0.2) is 18.2 Å². The van der Waals surface area contributed by atoms with E-state index in [1.807, 2.05) is 36.9 Å². The maximum absolute atomic E-state index is 11.8. The van der Waals surface area contributed by atoms with E-state index in [0.29, 0.717) is 12.1 Å². The van der Waals surface area contributed by atoms with Gasteiger partial charge in [-0.25, -0.2) is 0 Å². The van der Waals surface area contributed by atoms with Crippen molar-refractivity contribution in [2.24, 2.45) is 0 Å². The number of hydrogen-bond donors (Lipinski definition) is 2. The summed E-state index contributed by atoms with van der Waals surface area (Å²) in [7, 11) is 4.14. The number of nitrogens with zero attached hydrogens (tertiary/aromatic N) is 1. The average Bonchev–Trinajstić information content (AvgIpc) is 2.39. The number of nitrogen functional groups attached to an aromatic ring is 1. The maximum Gasteiger partial charge on any atom is 0.224 e. The molecule has 5 heteroatoms. The molecule has 0 unspecified atom stereocenters. The molecule has 0 aliphatic rings. The Kier molecular flexibility index (Phi) is 7.47. The van der Waals surface area contributed by atoms with Gasteiger partial charge in [-0.05, 0) is 50.9 Å². The lowest BCUT2D eigenvalue weighted by molar-refractivity contribution is -0.116. The lowest BCUT2D eigenvalue weighted by Gasteiger charge is -2.10. The maximum atomic E-state index is 11.8. The summed E-state index contributed by atoms with van der Waals surface area (Å²) in [5, 5.41) is 2.92. The molecule has 0 radical (unpaired) electrons. The monoisotopic (exact) mass is 295 g/mol. The van der Waals surface area contributed by atoms with Crippen LogP contribution in [0.3, 0.4) is 0 Å². The lowest BCUT2D eigenvalue weighted by atomic mass is 10.1. The topological polar surface area (TPSA) is 58.4 Å². The van der Waals surface area contributed by atoms with E-state index in [-0.39, 0.29) is 5.91 Å². The molecule has 1 aromatic rings. The fourth-order valence-electron chi connectivity index (χ4n) is 1.69. The summed E-state index contributed by atoms with van der Waals surface area (Å²) >= 11 is 1.89. The van der Waals surface area contributed by atoms with Crippen molar-refractivity contribution in [3.8, 4) is 0 Å². The number of hydrogen-bond acceptors (Lipinski definition) is 4. The molecule has 0 atom stereocenters. The van der Waals surface area contributed by atoms with Crippen LogP contribution in [0.2, 0.25) is 0 Å². The number of anilines is 2. The van der Waals surface area contributed by atoms with E-state index in [1.165, 1.54) is 0 Å². The van der Waals surface area contributed by atoms with E-state index in [2.05, 4.69) is 24.3 Å². The molecule has 0 aliphatic carbocycles. The van der Waals surface area contributed by atoms with Crippen LogP contribution in [-0.2, 0) is 4.79 Å². The predicted octanol–water partition coefficient (Wildman–Crippen LogP) is 2.59. The third-order valence-electron chi connectivity index (χ3n) is 3.03. The molecular weight excluding hydrogens is 270 g/mol. The molecule has 1 aromatic carbocycles. The summed E-state index contributed by atoms with van der Waals surface area (Å²) in [6.07, 6.45) is 1.47. The van der Waals surface area contributed by atoms with E-state index in [1.54, 1.807) is 0 Å². The van der Waals surface area contributed by atoms with Gasteiger partial charge in [0, 0.05) is 30.1 Å². The van der Waals surface area contributed by atoms with Gasteiger partial charge in [0.15, 0.2) is 0 Å². The summed E-state index contributed by atoms with van der Waals surface area (Å²) in [6, 6.07) is 5.58. The van der Waals surface area contributed by atoms with Crippen LogP contribution in [0.5, 0.6) is 0 Å². The molecule has 1 rings (SSSR count). The minimum atomic E-state index is 0.0620. The SMILES string of the molecule is Cc1c(N)cccc1NC(=O)CCCSCCN(C)C. The standard InChI is InChI=1S/C15H25N3OS/c1-12-13(16)6-4-7-14(12)17-15(19)8-5-10-20-11-9-18(2)3/h4,6-7H,5,8-11,16H2,1-3H3,(H,17,19). The average molecular weight is 295 g/mol. The van der Waals surface area contributed by atoms with Gasteiger partial charge in [0.25, 0.3) is 0 Å². The van der Waals surface area contributed by atoms with Crippen LogP contribution in [0.1, 0.15) is 18.4 Å². The Hall–Kier alpha value is -1.20. The van der Waals surface area contributed by atoms with Crippen LogP contribution < -0.4 is 11.1 Å². The summed E-state index contributed by atoms with van der Waals surface area (Å²) in [5.74, 6) is 2.20. The van der Waals surface area contributed by atoms with Crippen LogP contribution in [0.25, 0.3) is 0 Å². The summed E-state index contributed by atoms with van der Waals surface area (Å²) in [5.41, 5.74) is 8.27. The molecule has 0 spiro atoms. The van der Waals surface area contributed by atoms with Crippen molar-refractivity contribution in [3.63, 3.8) is 0 Å². The minimum Gasteiger partial charge on any atom is -0.398 e. The third-order valence-corrected chi connectivity index (χ3v) is 4.07. The summed E-state index contributed by atoms with van der Waals surface area (Å²) < 4.78 is 0. The first-order chi connectivity index (χ1) is 9.50. The van der Waals surface area contributed by atoms with Crippen LogP contribution in [0, 0.1) is 6.92 Å². The zero-order valence-electron chi connectivity index (χ0n) is 12.6. The highest BCUT2D eigenvalue weighted by atomic mass is 32.2. The highest BCUT2D eigenvalue weighted by Crippen LogP contribution is 2.20. The van der Waals surface area contributed by atoms with E-state index in [4.69, 9.17) is 5.73 Å². The van der Waals surface area contributed by atoms with Gasteiger partial charge in [-0.2, -0.15) is 11.8 Å². The number of amides is 1. The van der Waals surface area contributed by atoms with Crippen molar-refractivity contribution in [2.75, 3.05) is 43.2 Å². The Bertz CT molecular complexity index is 435. The highest BCUT2D eigenvalue weighted by molar-refractivity contribution is 7.99. The van der Waals surface area contributed by atoms with Crippen molar-refractivity contribution in [3.05, 3.63) is 23.8 Å². The molecule has 112 valence electrons. The van der Waals surface area contributed by atoms with Crippen LogP contribution in [0.4, 0.5) is 11.4 Å². The number of thioether (sulfide) groups is 1. The van der Waals surface area contributed by atoms with Crippen molar-refractivity contribution in [1.82, 2.24) is 4.90 Å². The molecule has 0 saturated carbocycles. The molecular formula is C15H25N3OS. The Morgan fingerprint density at radius 3 is 2.80 bits per heavy atom. The molecule has 0 fully saturated rings. The second-order valence-electron chi connectivity index (χ2n) is 5.09. The van der Waals surface area contributed by atoms with Gasteiger partial charge < -0.3 is 16.0 Å². The molecule has 0 bridgehead atoms. The van der Waals surface area contributed by atoms with Crippen molar-refractivity contribution < 1.29 is 4.79 Å². The summed E-state index contributed by atoms with van der Waals surface area (Å²) in [6.45, 7) is 3.00. The smallest absolute Gasteiger partial charge is 0.224 e. The predicted molar refractivity (Wildman–Crippen MR) is 89.3 cm³/mol. The minimum absolute atomic E-state index is 0.0620. The third kappa shape index (κ3) is 6.30. The second kappa shape index (κ2) is 8.87. The number of rotatable bonds is 8. The van der Waals surface area contributed by atoms with Crippen LogP contribution in [-0.4, -0.2) is 43.0 Å². The second-order valence-corrected chi connectivity index (χ2v) is 6.31. The quantitative estimate of drug-likeness (QED) is 0.572. The van der Waals surface area contributed by atoms with Crippen LogP contribution >= 0.6 is 11.8 Å². The van der Waals surface area contributed by atoms with Gasteiger partial charge in [-0.1, -0.05) is 6.07 Å². The highest BCUT2D eigenvalue weighted by Gasteiger charge is 2.06. The zero-order valence-corrected chi connectivity index (χ0v) is 13.4. The summed E-state index contributed by atoms with van der Waals surface area (Å²) in [4.78, 5) is 14.0. The molecule has 20 heavy (non-hydrogen) atoms. The van der Waals surface area contributed by atoms with E-state index < -0.39 is 0 Å². The number of carbonyl (C=O) groups excluding carboxylic acids is 1. The lowest BCUT2D eigenvalue weighted by Crippen LogP contribution is -2.15. The van der Waals surface area contributed by atoms with Gasteiger partial charge in [0.2, 0.25) is 5.91 Å². The van der Waals surface area contributed by atoms with Gasteiger partial charge in [0.1, 0.15) is 0 Å². The molecule has 1 amide bonds. The van der Waals surface area contributed by atoms with Crippen molar-refractivity contribution in [2.45, 2.75) is 19.8 Å². The van der Waals surface area contributed by atoms with E-state index >= 15 is 0 Å². The molecule has 0 heterocycles. The van der Waals surface area contributed by atoms with Crippen molar-refractivity contribution >= 4 is 29.0 Å². The van der Waals surface area contributed by atoms with E-state index in [0.717, 1.165) is 35.7 Å². The first-order valence-electron chi connectivity index (χ1n) is 6.88. The van der Waals surface area contributed by atoms with Gasteiger partial charge in [0.05, 0.1) is 0 Å². The normalized spacial score (nSPS) is 10.8. The first-order valence-corrected chi connectivity index (χ1v) is 8.03. The van der Waals surface area contributed by atoms with Crippen molar-refractivity contribution in [1.29, 1.82) is 0 Å². The Morgan fingerprint density at radius 2 is 2.10 bits per heavy atom. The Balaban J connectivity index is 2.22. The Labute approximate surface area is 126 Å². The molecule has 3 N–H and O–H groups in total. The zero-order chi connectivity index (χ0) is 15.0.